The Kier molecular flexibility index (Phi) is 3.84. The first-order valence-corrected chi connectivity index (χ1v) is 7.94. The van der Waals surface area contributed by atoms with Crippen LogP contribution in [0.15, 0.2) is 23.7 Å². The number of aliphatic hydroxyl groups is 1. The SMILES string of the molecule is CC(=O)NCC1(O)CCN(C(=O)c2ccc3ncsc3c2)C1. The summed E-state index contributed by atoms with van der Waals surface area (Å²) in [6.07, 6.45) is 0.460. The van der Waals surface area contributed by atoms with Gasteiger partial charge in [-0.1, -0.05) is 0 Å². The van der Waals surface area contributed by atoms with Crippen LogP contribution in [0.5, 0.6) is 0 Å². The van der Waals surface area contributed by atoms with Crippen molar-refractivity contribution in [3.8, 4) is 0 Å². The van der Waals surface area contributed by atoms with Crippen LogP contribution in [0.4, 0.5) is 0 Å². The molecule has 2 aromatic rings. The standard InChI is InChI=1S/C15H17N3O3S/c1-10(19)16-7-15(21)4-5-18(8-15)14(20)11-2-3-12-13(6-11)22-9-17-12/h2-3,6,9,21H,4-5,7-8H2,1H3,(H,16,19). The van der Waals surface area contributed by atoms with Gasteiger partial charge in [0.1, 0.15) is 5.60 Å². The maximum atomic E-state index is 12.6. The van der Waals surface area contributed by atoms with Crippen LogP contribution in [0.1, 0.15) is 23.7 Å². The summed E-state index contributed by atoms with van der Waals surface area (Å²) in [5.74, 6) is -0.289. The molecule has 22 heavy (non-hydrogen) atoms. The number of fused-ring (bicyclic) bond motifs is 1. The number of amides is 2. The van der Waals surface area contributed by atoms with E-state index >= 15 is 0 Å². The predicted molar refractivity (Wildman–Crippen MR) is 83.8 cm³/mol. The van der Waals surface area contributed by atoms with Crippen LogP contribution < -0.4 is 5.32 Å². The van der Waals surface area contributed by atoms with Gasteiger partial charge in [0, 0.05) is 25.6 Å². The summed E-state index contributed by atoms with van der Waals surface area (Å²) in [4.78, 5) is 29.3. The Bertz CT molecular complexity index is 730. The molecule has 1 aliphatic heterocycles. The summed E-state index contributed by atoms with van der Waals surface area (Å²) >= 11 is 1.49. The zero-order valence-corrected chi connectivity index (χ0v) is 13.0. The van der Waals surface area contributed by atoms with Gasteiger partial charge in [-0.25, -0.2) is 4.98 Å². The number of benzene rings is 1. The Hall–Kier alpha value is -1.99. The predicted octanol–water partition coefficient (Wildman–Crippen LogP) is 1.01. The minimum absolute atomic E-state index is 0.103. The molecule has 0 spiro atoms. The number of hydrogen-bond acceptors (Lipinski definition) is 5. The monoisotopic (exact) mass is 319 g/mol. The fourth-order valence-corrected chi connectivity index (χ4v) is 3.35. The van der Waals surface area contributed by atoms with E-state index in [1.165, 1.54) is 18.3 Å². The fraction of sp³-hybridized carbons (Fsp3) is 0.400. The molecule has 6 nitrogen and oxygen atoms in total. The highest BCUT2D eigenvalue weighted by Crippen LogP contribution is 2.24. The molecule has 1 saturated heterocycles. The zero-order valence-electron chi connectivity index (χ0n) is 12.2. The van der Waals surface area contributed by atoms with Gasteiger partial charge in [-0.05, 0) is 24.6 Å². The number of hydrogen-bond donors (Lipinski definition) is 2. The largest absolute Gasteiger partial charge is 0.386 e. The van der Waals surface area contributed by atoms with Gasteiger partial charge in [0.05, 0.1) is 22.3 Å². The molecule has 3 rings (SSSR count). The summed E-state index contributed by atoms with van der Waals surface area (Å²) in [6, 6.07) is 5.43. The van der Waals surface area contributed by atoms with Gasteiger partial charge in [-0.15, -0.1) is 11.3 Å². The Morgan fingerprint density at radius 3 is 3.09 bits per heavy atom. The quantitative estimate of drug-likeness (QED) is 0.884. The number of nitrogens with one attached hydrogen (secondary N) is 1. The molecule has 0 aliphatic carbocycles. The third-order valence-electron chi connectivity index (χ3n) is 3.86. The summed E-state index contributed by atoms with van der Waals surface area (Å²) in [6.45, 7) is 2.29. The molecule has 2 amide bonds. The first kappa shape index (κ1) is 14.9. The lowest BCUT2D eigenvalue weighted by molar-refractivity contribution is -0.120. The second-order valence-electron chi connectivity index (χ2n) is 5.65. The maximum absolute atomic E-state index is 12.6. The molecule has 2 N–H and O–H groups in total. The van der Waals surface area contributed by atoms with Crippen LogP contribution in [0.2, 0.25) is 0 Å². The lowest BCUT2D eigenvalue weighted by Gasteiger charge is -2.23. The van der Waals surface area contributed by atoms with Crippen molar-refractivity contribution in [2.75, 3.05) is 19.6 Å². The van der Waals surface area contributed by atoms with Gasteiger partial charge in [-0.3, -0.25) is 9.59 Å². The van der Waals surface area contributed by atoms with Gasteiger partial charge in [-0.2, -0.15) is 0 Å². The first-order chi connectivity index (χ1) is 10.5. The minimum Gasteiger partial charge on any atom is -0.386 e. The highest BCUT2D eigenvalue weighted by Gasteiger charge is 2.38. The van der Waals surface area contributed by atoms with Crippen molar-refractivity contribution in [1.82, 2.24) is 15.2 Å². The van der Waals surface area contributed by atoms with Crippen molar-refractivity contribution in [2.24, 2.45) is 0 Å². The van der Waals surface area contributed by atoms with Crippen molar-refractivity contribution in [1.29, 1.82) is 0 Å². The Morgan fingerprint density at radius 2 is 2.32 bits per heavy atom. The highest BCUT2D eigenvalue weighted by molar-refractivity contribution is 7.16. The van der Waals surface area contributed by atoms with E-state index in [2.05, 4.69) is 10.3 Å². The lowest BCUT2D eigenvalue weighted by Crippen LogP contribution is -2.45. The van der Waals surface area contributed by atoms with Gasteiger partial charge >= 0.3 is 0 Å². The van der Waals surface area contributed by atoms with Crippen LogP contribution in [0.25, 0.3) is 10.2 Å². The average molecular weight is 319 g/mol. The van der Waals surface area contributed by atoms with Crippen LogP contribution in [-0.4, -0.2) is 52.0 Å². The van der Waals surface area contributed by atoms with Gasteiger partial charge < -0.3 is 15.3 Å². The van der Waals surface area contributed by atoms with Crippen molar-refractivity contribution >= 4 is 33.4 Å². The number of rotatable bonds is 3. The summed E-state index contributed by atoms with van der Waals surface area (Å²) in [5, 5.41) is 13.0. The zero-order chi connectivity index (χ0) is 15.7. The number of β-amino-alcohol motifs (C(OH)–C–C–N with tert-alkyl or cyclic N) is 1. The van der Waals surface area contributed by atoms with E-state index in [9.17, 15) is 14.7 Å². The van der Waals surface area contributed by atoms with Crippen molar-refractivity contribution in [2.45, 2.75) is 18.9 Å². The number of thiazole rings is 1. The molecule has 0 radical (unpaired) electrons. The Morgan fingerprint density at radius 1 is 1.50 bits per heavy atom. The molecule has 0 saturated carbocycles. The summed E-state index contributed by atoms with van der Waals surface area (Å²) in [5.41, 5.74) is 2.18. The van der Waals surface area contributed by atoms with E-state index in [4.69, 9.17) is 0 Å². The van der Waals surface area contributed by atoms with Crippen LogP contribution >= 0.6 is 11.3 Å². The second kappa shape index (κ2) is 5.66. The van der Waals surface area contributed by atoms with Crippen molar-refractivity contribution < 1.29 is 14.7 Å². The maximum Gasteiger partial charge on any atom is 0.254 e. The van der Waals surface area contributed by atoms with Gasteiger partial charge in [0.25, 0.3) is 5.91 Å². The number of carbonyl (C=O) groups excluding carboxylic acids is 2. The minimum atomic E-state index is -1.05. The third-order valence-corrected chi connectivity index (χ3v) is 4.66. The van der Waals surface area contributed by atoms with Crippen molar-refractivity contribution in [3.05, 3.63) is 29.3 Å². The van der Waals surface area contributed by atoms with E-state index in [-0.39, 0.29) is 24.9 Å². The molecule has 1 unspecified atom stereocenters. The number of nitrogens with zero attached hydrogens (tertiary/aromatic N) is 2. The molecule has 7 heteroatoms. The fourth-order valence-electron chi connectivity index (χ4n) is 2.63. The number of likely N-dealkylation sites (tertiary alicyclic amines) is 1. The highest BCUT2D eigenvalue weighted by atomic mass is 32.1. The molecule has 116 valence electrons. The molecular weight excluding hydrogens is 302 g/mol. The normalized spacial score (nSPS) is 21.3. The molecular formula is C15H17N3O3S. The lowest BCUT2D eigenvalue weighted by atomic mass is 10.0. The molecule has 1 fully saturated rings. The van der Waals surface area contributed by atoms with Crippen molar-refractivity contribution in [3.63, 3.8) is 0 Å². The Balaban J connectivity index is 1.71. The number of aromatic nitrogens is 1. The van der Waals surface area contributed by atoms with Crippen LogP contribution in [0, 0.1) is 0 Å². The Labute approximate surface area is 131 Å². The van der Waals surface area contributed by atoms with E-state index in [0.29, 0.717) is 18.5 Å². The van der Waals surface area contributed by atoms with Gasteiger partial charge in [0.15, 0.2) is 0 Å². The second-order valence-corrected chi connectivity index (χ2v) is 6.53. The topological polar surface area (TPSA) is 82.5 Å². The van der Waals surface area contributed by atoms with E-state index in [0.717, 1.165) is 10.2 Å². The molecule has 1 aliphatic rings. The molecule has 0 bridgehead atoms. The van der Waals surface area contributed by atoms with E-state index < -0.39 is 5.60 Å². The summed E-state index contributed by atoms with van der Waals surface area (Å²) < 4.78 is 0.971. The molecule has 1 aromatic heterocycles. The van der Waals surface area contributed by atoms with Gasteiger partial charge in [0.2, 0.25) is 5.91 Å². The molecule has 1 atom stereocenters. The summed E-state index contributed by atoms with van der Waals surface area (Å²) in [7, 11) is 0. The first-order valence-electron chi connectivity index (χ1n) is 7.06. The molecule has 1 aromatic carbocycles. The smallest absolute Gasteiger partial charge is 0.254 e. The molecule has 2 heterocycles. The van der Waals surface area contributed by atoms with Crippen LogP contribution in [0.3, 0.4) is 0 Å². The van der Waals surface area contributed by atoms with E-state index in [1.807, 2.05) is 12.1 Å². The number of carbonyl (C=O) groups is 2. The average Bonchev–Trinajstić information content (AvgIpc) is 3.11. The van der Waals surface area contributed by atoms with E-state index in [1.54, 1.807) is 16.5 Å². The third kappa shape index (κ3) is 2.95. The van der Waals surface area contributed by atoms with Crippen LogP contribution in [-0.2, 0) is 4.79 Å².